The van der Waals surface area contributed by atoms with Crippen molar-refractivity contribution in [3.63, 3.8) is 0 Å². The molecule has 20 heavy (non-hydrogen) atoms. The molecule has 1 aliphatic rings. The van der Waals surface area contributed by atoms with Crippen LogP contribution < -0.4 is 5.59 Å². The highest BCUT2D eigenvalue weighted by Crippen LogP contribution is 2.36. The topological polar surface area (TPSA) is 34.6 Å². The molecule has 1 aromatic rings. The van der Waals surface area contributed by atoms with Crippen LogP contribution in [0, 0.1) is 0 Å². The fourth-order valence-electron chi connectivity index (χ4n) is 2.03. The van der Waals surface area contributed by atoms with E-state index in [0.29, 0.717) is 10.6 Å². The van der Waals surface area contributed by atoms with Gasteiger partial charge < -0.3 is 14.2 Å². The standard InChI is InChI=1S/C14H22BClN2O2/c1-13(2)14(3,4)20-15(19-13)12-11(16)8-7-10(17-12)9-18(5)6/h7-8H,9H2,1-6H3. The first-order valence-corrected chi connectivity index (χ1v) is 7.16. The highest BCUT2D eigenvalue weighted by atomic mass is 35.5. The molecule has 0 atom stereocenters. The maximum Gasteiger partial charge on any atom is 0.516 e. The third-order valence-corrected chi connectivity index (χ3v) is 4.21. The minimum absolute atomic E-state index is 0.389. The zero-order chi connectivity index (χ0) is 15.1. The second-order valence-corrected chi connectivity index (χ2v) is 6.90. The summed E-state index contributed by atoms with van der Waals surface area (Å²) in [6.07, 6.45) is 0. The monoisotopic (exact) mass is 296 g/mol. The van der Waals surface area contributed by atoms with E-state index in [0.717, 1.165) is 12.2 Å². The van der Waals surface area contributed by atoms with Gasteiger partial charge in [-0.25, -0.2) is 0 Å². The van der Waals surface area contributed by atoms with E-state index in [9.17, 15) is 0 Å². The molecule has 0 unspecified atom stereocenters. The molecule has 0 N–H and O–H groups in total. The van der Waals surface area contributed by atoms with E-state index >= 15 is 0 Å². The first-order valence-electron chi connectivity index (χ1n) is 6.78. The van der Waals surface area contributed by atoms with Gasteiger partial charge in [0.15, 0.2) is 0 Å². The number of aromatic nitrogens is 1. The fourth-order valence-corrected chi connectivity index (χ4v) is 2.23. The summed E-state index contributed by atoms with van der Waals surface area (Å²) in [4.78, 5) is 6.66. The van der Waals surface area contributed by atoms with Crippen LogP contribution >= 0.6 is 11.6 Å². The summed E-state index contributed by atoms with van der Waals surface area (Å²) < 4.78 is 12.0. The van der Waals surface area contributed by atoms with Gasteiger partial charge in [-0.05, 0) is 53.9 Å². The SMILES string of the molecule is CN(C)Cc1ccc(Cl)c(B2OC(C)(C)C(C)(C)O2)n1. The number of hydrogen-bond donors (Lipinski definition) is 0. The fraction of sp³-hybridized carbons (Fsp3) is 0.643. The Bertz CT molecular complexity index is 490. The molecule has 2 heterocycles. The molecule has 4 nitrogen and oxygen atoms in total. The lowest BCUT2D eigenvalue weighted by Crippen LogP contribution is -2.41. The lowest BCUT2D eigenvalue weighted by molar-refractivity contribution is 0.00578. The highest BCUT2D eigenvalue weighted by Gasteiger charge is 2.52. The van der Waals surface area contributed by atoms with Crippen LogP contribution in [0.4, 0.5) is 0 Å². The molecule has 6 heteroatoms. The smallest absolute Gasteiger partial charge is 0.398 e. The summed E-state index contributed by atoms with van der Waals surface area (Å²) in [7, 11) is 3.49. The number of halogens is 1. The molecule has 0 bridgehead atoms. The van der Waals surface area contributed by atoms with Crippen molar-refractivity contribution in [1.82, 2.24) is 9.88 Å². The Hall–Kier alpha value is -0.615. The van der Waals surface area contributed by atoms with Gasteiger partial charge in [0.05, 0.1) is 27.5 Å². The molecule has 0 spiro atoms. The maximum atomic E-state index is 6.26. The van der Waals surface area contributed by atoms with Crippen molar-refractivity contribution in [2.75, 3.05) is 14.1 Å². The Morgan fingerprint density at radius 1 is 1.15 bits per heavy atom. The highest BCUT2D eigenvalue weighted by molar-refractivity contribution is 6.64. The second-order valence-electron chi connectivity index (χ2n) is 6.50. The van der Waals surface area contributed by atoms with Gasteiger partial charge in [-0.2, -0.15) is 0 Å². The van der Waals surface area contributed by atoms with Crippen LogP contribution in [0.5, 0.6) is 0 Å². The van der Waals surface area contributed by atoms with Crippen molar-refractivity contribution < 1.29 is 9.31 Å². The van der Waals surface area contributed by atoms with Crippen molar-refractivity contribution in [3.05, 3.63) is 22.8 Å². The van der Waals surface area contributed by atoms with Crippen LogP contribution in [0.15, 0.2) is 12.1 Å². The van der Waals surface area contributed by atoms with Crippen LogP contribution in [0.3, 0.4) is 0 Å². The van der Waals surface area contributed by atoms with Gasteiger partial charge in [0.2, 0.25) is 0 Å². The average Bonchev–Trinajstić information content (AvgIpc) is 2.50. The van der Waals surface area contributed by atoms with Crippen molar-refractivity contribution in [2.45, 2.75) is 45.4 Å². The van der Waals surface area contributed by atoms with Gasteiger partial charge in [0.1, 0.15) is 0 Å². The van der Waals surface area contributed by atoms with Crippen molar-refractivity contribution in [3.8, 4) is 0 Å². The summed E-state index contributed by atoms with van der Waals surface area (Å²) in [5, 5.41) is 0.575. The molecule has 0 aliphatic carbocycles. The molecule has 2 rings (SSSR count). The first kappa shape index (κ1) is 15.8. The Kier molecular flexibility index (Phi) is 4.18. The van der Waals surface area contributed by atoms with Gasteiger partial charge in [0.25, 0.3) is 0 Å². The zero-order valence-electron chi connectivity index (χ0n) is 13.0. The second kappa shape index (κ2) is 5.30. The van der Waals surface area contributed by atoms with Gasteiger partial charge in [0, 0.05) is 6.54 Å². The van der Waals surface area contributed by atoms with Crippen LogP contribution in [0.25, 0.3) is 0 Å². The molecule has 1 aromatic heterocycles. The molecule has 1 saturated heterocycles. The summed E-state index contributed by atoms with van der Waals surface area (Å²) in [5.74, 6) is 0. The summed E-state index contributed by atoms with van der Waals surface area (Å²) in [6.45, 7) is 8.83. The van der Waals surface area contributed by atoms with Crippen LogP contribution in [0.2, 0.25) is 5.02 Å². The Morgan fingerprint density at radius 2 is 1.70 bits per heavy atom. The van der Waals surface area contributed by atoms with E-state index in [-0.39, 0.29) is 11.2 Å². The van der Waals surface area contributed by atoms with E-state index in [1.165, 1.54) is 0 Å². The first-order chi connectivity index (χ1) is 9.12. The summed E-state index contributed by atoms with van der Waals surface area (Å²) in [5.41, 5.74) is 0.828. The van der Waals surface area contributed by atoms with Gasteiger partial charge in [-0.1, -0.05) is 11.6 Å². The molecule has 1 fully saturated rings. The number of hydrogen-bond acceptors (Lipinski definition) is 4. The number of rotatable bonds is 3. The molecular formula is C14H22BClN2O2. The predicted molar refractivity (Wildman–Crippen MR) is 82.4 cm³/mol. The normalized spacial score (nSPS) is 20.7. The van der Waals surface area contributed by atoms with Crippen molar-refractivity contribution in [2.24, 2.45) is 0 Å². The molecule has 1 aliphatic heterocycles. The van der Waals surface area contributed by atoms with Crippen LogP contribution in [-0.4, -0.2) is 42.3 Å². The molecule has 0 radical (unpaired) electrons. The van der Waals surface area contributed by atoms with Gasteiger partial charge in [-0.3, -0.25) is 4.98 Å². The van der Waals surface area contributed by atoms with Crippen molar-refractivity contribution in [1.29, 1.82) is 0 Å². The lowest BCUT2D eigenvalue weighted by atomic mass is 9.84. The van der Waals surface area contributed by atoms with E-state index in [2.05, 4.69) is 9.88 Å². The minimum atomic E-state index is -0.519. The van der Waals surface area contributed by atoms with Crippen LogP contribution in [-0.2, 0) is 15.9 Å². The molecular weight excluding hydrogens is 274 g/mol. The van der Waals surface area contributed by atoms with Gasteiger partial charge >= 0.3 is 7.12 Å². The number of nitrogens with zero attached hydrogens (tertiary/aromatic N) is 2. The zero-order valence-corrected chi connectivity index (χ0v) is 13.8. The van der Waals surface area contributed by atoms with E-state index < -0.39 is 7.12 Å². The van der Waals surface area contributed by atoms with E-state index in [1.807, 2.05) is 53.9 Å². The van der Waals surface area contributed by atoms with E-state index in [1.54, 1.807) is 0 Å². The molecule has 110 valence electrons. The Morgan fingerprint density at radius 3 is 2.20 bits per heavy atom. The molecule has 0 saturated carbocycles. The average molecular weight is 297 g/mol. The van der Waals surface area contributed by atoms with Crippen LogP contribution in [0.1, 0.15) is 33.4 Å². The van der Waals surface area contributed by atoms with Crippen molar-refractivity contribution >= 4 is 24.3 Å². The number of pyridine rings is 1. The summed E-state index contributed by atoms with van der Waals surface area (Å²) in [6, 6.07) is 3.78. The summed E-state index contributed by atoms with van der Waals surface area (Å²) >= 11 is 6.26. The molecule has 0 amide bonds. The quantitative estimate of drug-likeness (QED) is 0.800. The lowest BCUT2D eigenvalue weighted by Gasteiger charge is -2.32. The largest absolute Gasteiger partial charge is 0.516 e. The Labute approximate surface area is 126 Å². The maximum absolute atomic E-state index is 6.26. The van der Waals surface area contributed by atoms with E-state index in [4.69, 9.17) is 20.9 Å². The third-order valence-electron chi connectivity index (χ3n) is 3.89. The minimum Gasteiger partial charge on any atom is -0.398 e. The Balaban J connectivity index is 2.30. The molecule has 0 aromatic carbocycles. The predicted octanol–water partition coefficient (Wildman–Crippen LogP) is 2.10. The third kappa shape index (κ3) is 3.01. The van der Waals surface area contributed by atoms with Gasteiger partial charge in [-0.15, -0.1) is 0 Å².